The summed E-state index contributed by atoms with van der Waals surface area (Å²) in [4.78, 5) is 16.3. The first-order valence-electron chi connectivity index (χ1n) is 7.23. The maximum absolute atomic E-state index is 13.0. The average Bonchev–Trinajstić information content (AvgIpc) is 3.01. The second-order valence-corrected chi connectivity index (χ2v) is 7.26. The van der Waals surface area contributed by atoms with Crippen LogP contribution in [0.15, 0.2) is 47.6 Å². The third kappa shape index (κ3) is 2.46. The smallest absolute Gasteiger partial charge is 0.341 e. The summed E-state index contributed by atoms with van der Waals surface area (Å²) in [7, 11) is -2.59. The molecule has 1 aromatic carbocycles. The molecule has 124 valence electrons. The lowest BCUT2D eigenvalue weighted by atomic mass is 10.2. The monoisotopic (exact) mass is 344 g/mol. The van der Waals surface area contributed by atoms with Crippen molar-refractivity contribution in [3.8, 4) is 0 Å². The lowest BCUT2D eigenvalue weighted by Gasteiger charge is -2.11. The Bertz CT molecular complexity index is 1030. The number of methoxy groups -OCH3 is 1. The molecule has 0 N–H and O–H groups in total. The van der Waals surface area contributed by atoms with Crippen LogP contribution in [0.1, 0.15) is 21.6 Å². The molecule has 0 amide bonds. The van der Waals surface area contributed by atoms with E-state index in [0.717, 1.165) is 9.54 Å². The second-order valence-electron chi connectivity index (χ2n) is 5.44. The van der Waals surface area contributed by atoms with E-state index in [4.69, 9.17) is 4.74 Å². The first-order valence-corrected chi connectivity index (χ1v) is 8.67. The Kier molecular flexibility index (Phi) is 3.88. The van der Waals surface area contributed by atoms with Gasteiger partial charge >= 0.3 is 5.97 Å². The highest BCUT2D eigenvalue weighted by molar-refractivity contribution is 7.90. The Hall–Kier alpha value is -2.67. The van der Waals surface area contributed by atoms with Crippen molar-refractivity contribution in [1.82, 2.24) is 8.96 Å². The first kappa shape index (κ1) is 16.2. The lowest BCUT2D eigenvalue weighted by molar-refractivity contribution is 0.0602. The van der Waals surface area contributed by atoms with Gasteiger partial charge in [-0.15, -0.1) is 0 Å². The number of aryl methyl sites for hydroxylation is 2. The van der Waals surface area contributed by atoms with Crippen LogP contribution in [0.25, 0.3) is 10.9 Å². The van der Waals surface area contributed by atoms with E-state index in [1.807, 2.05) is 6.92 Å². The Morgan fingerprint density at radius 3 is 2.42 bits per heavy atom. The van der Waals surface area contributed by atoms with Crippen molar-refractivity contribution in [2.75, 3.05) is 7.11 Å². The quantitative estimate of drug-likeness (QED) is 0.683. The van der Waals surface area contributed by atoms with Gasteiger partial charge in [-0.1, -0.05) is 17.7 Å². The standard InChI is InChI=1S/C17H16N2O4S/c1-11-4-6-13(7-5-11)24(21,22)19-9-8-14-12(2)18-10-15(16(14)19)17(20)23-3/h4-10H,1-3H3. The van der Waals surface area contributed by atoms with Gasteiger partial charge < -0.3 is 4.74 Å². The number of pyridine rings is 1. The molecule has 7 heteroatoms. The van der Waals surface area contributed by atoms with Crippen molar-refractivity contribution >= 4 is 26.9 Å². The molecule has 2 heterocycles. The summed E-state index contributed by atoms with van der Waals surface area (Å²) in [6.07, 6.45) is 2.77. The molecule has 0 fully saturated rings. The van der Waals surface area contributed by atoms with Crippen LogP contribution in [0.2, 0.25) is 0 Å². The molecule has 0 aliphatic rings. The van der Waals surface area contributed by atoms with Gasteiger partial charge in [-0.2, -0.15) is 0 Å². The number of hydrogen-bond acceptors (Lipinski definition) is 5. The van der Waals surface area contributed by atoms with E-state index in [-0.39, 0.29) is 16.0 Å². The molecular weight excluding hydrogens is 328 g/mol. The van der Waals surface area contributed by atoms with Crippen molar-refractivity contribution in [1.29, 1.82) is 0 Å². The van der Waals surface area contributed by atoms with Gasteiger partial charge in [-0.3, -0.25) is 4.98 Å². The zero-order chi connectivity index (χ0) is 17.5. The maximum Gasteiger partial charge on any atom is 0.341 e. The largest absolute Gasteiger partial charge is 0.465 e. The van der Waals surface area contributed by atoms with Crippen LogP contribution in [-0.4, -0.2) is 30.5 Å². The van der Waals surface area contributed by atoms with E-state index in [9.17, 15) is 13.2 Å². The summed E-state index contributed by atoms with van der Waals surface area (Å²) < 4.78 is 31.8. The maximum atomic E-state index is 13.0. The molecule has 0 spiro atoms. The van der Waals surface area contributed by atoms with E-state index in [2.05, 4.69) is 4.98 Å². The average molecular weight is 344 g/mol. The summed E-state index contributed by atoms with van der Waals surface area (Å²) in [5.74, 6) is -0.633. The number of aromatic nitrogens is 2. The number of carbonyl (C=O) groups excluding carboxylic acids is 1. The van der Waals surface area contributed by atoms with Gasteiger partial charge in [-0.25, -0.2) is 17.2 Å². The fourth-order valence-corrected chi connectivity index (χ4v) is 3.91. The van der Waals surface area contributed by atoms with E-state index in [0.29, 0.717) is 11.1 Å². The number of rotatable bonds is 3. The van der Waals surface area contributed by atoms with Crippen LogP contribution in [0.5, 0.6) is 0 Å². The number of nitrogens with zero attached hydrogens (tertiary/aromatic N) is 2. The Morgan fingerprint density at radius 2 is 1.79 bits per heavy atom. The van der Waals surface area contributed by atoms with Gasteiger partial charge in [-0.05, 0) is 32.0 Å². The molecule has 0 aliphatic heterocycles. The normalized spacial score (nSPS) is 11.6. The van der Waals surface area contributed by atoms with Crippen molar-refractivity contribution in [2.45, 2.75) is 18.7 Å². The molecule has 0 atom stereocenters. The van der Waals surface area contributed by atoms with Crippen LogP contribution in [0.4, 0.5) is 0 Å². The van der Waals surface area contributed by atoms with Gasteiger partial charge in [0.05, 0.1) is 17.5 Å². The molecule has 6 nitrogen and oxygen atoms in total. The van der Waals surface area contributed by atoms with Gasteiger partial charge in [0.15, 0.2) is 0 Å². The highest BCUT2D eigenvalue weighted by atomic mass is 32.2. The molecule has 0 radical (unpaired) electrons. The summed E-state index contributed by atoms with van der Waals surface area (Å²) in [5.41, 5.74) is 1.98. The summed E-state index contributed by atoms with van der Waals surface area (Å²) in [5, 5.41) is 0.591. The fourth-order valence-electron chi connectivity index (χ4n) is 2.55. The highest BCUT2D eigenvalue weighted by Gasteiger charge is 2.24. The molecule has 24 heavy (non-hydrogen) atoms. The third-order valence-electron chi connectivity index (χ3n) is 3.87. The number of hydrogen-bond donors (Lipinski definition) is 0. The highest BCUT2D eigenvalue weighted by Crippen LogP contribution is 2.27. The number of fused-ring (bicyclic) bond motifs is 1. The van der Waals surface area contributed by atoms with Crippen LogP contribution >= 0.6 is 0 Å². The van der Waals surface area contributed by atoms with Gasteiger partial charge in [0.1, 0.15) is 5.56 Å². The van der Waals surface area contributed by atoms with Crippen molar-refractivity contribution in [3.63, 3.8) is 0 Å². The molecule has 3 rings (SSSR count). The summed E-state index contributed by atoms with van der Waals surface area (Å²) in [6.45, 7) is 3.64. The van der Waals surface area contributed by atoms with Gasteiger partial charge in [0.2, 0.25) is 0 Å². The van der Waals surface area contributed by atoms with E-state index < -0.39 is 16.0 Å². The molecule has 3 aromatic rings. The second kappa shape index (κ2) is 5.76. The number of carbonyl (C=O) groups is 1. The van der Waals surface area contributed by atoms with Crippen molar-refractivity contribution in [3.05, 3.63) is 59.5 Å². The minimum Gasteiger partial charge on any atom is -0.465 e. The Morgan fingerprint density at radius 1 is 1.12 bits per heavy atom. The van der Waals surface area contributed by atoms with Crippen molar-refractivity contribution < 1.29 is 17.9 Å². The first-order chi connectivity index (χ1) is 11.4. The molecule has 0 aliphatic carbocycles. The topological polar surface area (TPSA) is 78.3 Å². The summed E-state index contributed by atoms with van der Waals surface area (Å²) >= 11 is 0. The predicted molar refractivity (Wildman–Crippen MR) is 89.6 cm³/mol. The van der Waals surface area contributed by atoms with Crippen LogP contribution in [0, 0.1) is 13.8 Å². The fraction of sp³-hybridized carbons (Fsp3) is 0.176. The SMILES string of the molecule is COC(=O)c1cnc(C)c2ccn(S(=O)(=O)c3ccc(C)cc3)c12. The molecule has 0 saturated carbocycles. The van der Waals surface area contributed by atoms with E-state index in [1.54, 1.807) is 37.3 Å². The van der Waals surface area contributed by atoms with Gasteiger partial charge in [0.25, 0.3) is 10.0 Å². The molecule has 0 unspecified atom stereocenters. The zero-order valence-corrected chi connectivity index (χ0v) is 14.3. The number of benzene rings is 1. The zero-order valence-electron chi connectivity index (χ0n) is 13.5. The Balaban J connectivity index is 2.32. The van der Waals surface area contributed by atoms with E-state index >= 15 is 0 Å². The summed E-state index contributed by atoms with van der Waals surface area (Å²) in [6, 6.07) is 8.18. The molecule has 0 saturated heterocycles. The minimum absolute atomic E-state index is 0.110. The predicted octanol–water partition coefficient (Wildman–Crippen LogP) is 2.68. The number of ether oxygens (including phenoxy) is 1. The lowest BCUT2D eigenvalue weighted by Crippen LogP contribution is -2.14. The molecule has 0 bridgehead atoms. The number of esters is 1. The van der Waals surface area contributed by atoms with Crippen LogP contribution in [-0.2, 0) is 14.8 Å². The molecular formula is C17H16N2O4S. The van der Waals surface area contributed by atoms with Gasteiger partial charge in [0, 0.05) is 23.5 Å². The minimum atomic E-state index is -3.84. The Labute approximate surface area is 139 Å². The van der Waals surface area contributed by atoms with Crippen LogP contribution in [0.3, 0.4) is 0 Å². The van der Waals surface area contributed by atoms with E-state index in [1.165, 1.54) is 19.5 Å². The van der Waals surface area contributed by atoms with Crippen LogP contribution < -0.4 is 0 Å². The third-order valence-corrected chi connectivity index (χ3v) is 5.56. The van der Waals surface area contributed by atoms with Crippen molar-refractivity contribution in [2.24, 2.45) is 0 Å². The molecule has 2 aromatic heterocycles.